The SMILES string of the molecule is COC(=O)c1ccc([N+](=O)[O-])c(OCc2ccccc2)c1. The normalized spacial score (nSPS) is 9.95. The molecule has 6 nitrogen and oxygen atoms in total. The number of rotatable bonds is 5. The molecular weight excluding hydrogens is 274 g/mol. The van der Waals surface area contributed by atoms with Crippen LogP contribution < -0.4 is 4.74 Å². The van der Waals surface area contributed by atoms with Crippen molar-refractivity contribution in [2.75, 3.05) is 7.11 Å². The number of nitro groups is 1. The molecule has 0 saturated carbocycles. The molecule has 0 amide bonds. The van der Waals surface area contributed by atoms with Gasteiger partial charge in [0.1, 0.15) is 6.61 Å². The number of hydrogen-bond acceptors (Lipinski definition) is 5. The van der Waals surface area contributed by atoms with Crippen molar-refractivity contribution < 1.29 is 19.2 Å². The number of nitro benzene ring substituents is 1. The van der Waals surface area contributed by atoms with Crippen molar-refractivity contribution in [2.24, 2.45) is 0 Å². The maximum atomic E-state index is 11.5. The molecule has 0 heterocycles. The third-order valence-electron chi connectivity index (χ3n) is 2.81. The van der Waals surface area contributed by atoms with E-state index in [2.05, 4.69) is 4.74 Å². The van der Waals surface area contributed by atoms with Crippen molar-refractivity contribution in [3.05, 3.63) is 69.8 Å². The van der Waals surface area contributed by atoms with Crippen molar-refractivity contribution >= 4 is 11.7 Å². The van der Waals surface area contributed by atoms with Crippen LogP contribution in [0.25, 0.3) is 0 Å². The van der Waals surface area contributed by atoms with Crippen LogP contribution in [-0.2, 0) is 11.3 Å². The Bertz CT molecular complexity index is 654. The van der Waals surface area contributed by atoms with E-state index in [9.17, 15) is 14.9 Å². The van der Waals surface area contributed by atoms with E-state index in [-0.39, 0.29) is 23.6 Å². The lowest BCUT2D eigenvalue weighted by molar-refractivity contribution is -0.385. The largest absolute Gasteiger partial charge is 0.482 e. The van der Waals surface area contributed by atoms with Crippen LogP contribution in [0.3, 0.4) is 0 Å². The van der Waals surface area contributed by atoms with E-state index in [1.807, 2.05) is 30.3 Å². The lowest BCUT2D eigenvalue weighted by Crippen LogP contribution is -2.04. The second-order valence-electron chi connectivity index (χ2n) is 4.21. The van der Waals surface area contributed by atoms with E-state index in [1.54, 1.807) is 0 Å². The highest BCUT2D eigenvalue weighted by Gasteiger charge is 2.18. The summed E-state index contributed by atoms with van der Waals surface area (Å²) < 4.78 is 10.1. The predicted molar refractivity (Wildman–Crippen MR) is 75.2 cm³/mol. The van der Waals surface area contributed by atoms with Gasteiger partial charge in [0, 0.05) is 12.1 Å². The number of carbonyl (C=O) groups is 1. The van der Waals surface area contributed by atoms with Gasteiger partial charge >= 0.3 is 11.7 Å². The van der Waals surface area contributed by atoms with Crippen LogP contribution in [-0.4, -0.2) is 18.0 Å². The van der Waals surface area contributed by atoms with Gasteiger partial charge in [-0.2, -0.15) is 0 Å². The third kappa shape index (κ3) is 3.56. The summed E-state index contributed by atoms with van der Waals surface area (Å²) in [5.74, 6) is -0.541. The molecule has 21 heavy (non-hydrogen) atoms. The maximum absolute atomic E-state index is 11.5. The van der Waals surface area contributed by atoms with Gasteiger partial charge in [0.05, 0.1) is 17.6 Å². The number of nitrogens with zero attached hydrogens (tertiary/aromatic N) is 1. The van der Waals surface area contributed by atoms with Gasteiger partial charge in [0.25, 0.3) is 0 Å². The molecule has 0 aliphatic carbocycles. The maximum Gasteiger partial charge on any atom is 0.337 e. The van der Waals surface area contributed by atoms with Gasteiger partial charge in [-0.25, -0.2) is 4.79 Å². The van der Waals surface area contributed by atoms with Gasteiger partial charge in [0.15, 0.2) is 5.75 Å². The number of hydrogen-bond donors (Lipinski definition) is 0. The first-order valence-corrected chi connectivity index (χ1v) is 6.15. The summed E-state index contributed by atoms with van der Waals surface area (Å²) in [7, 11) is 1.24. The van der Waals surface area contributed by atoms with Crippen molar-refractivity contribution in [1.82, 2.24) is 0 Å². The molecule has 0 spiro atoms. The molecule has 0 N–H and O–H groups in total. The van der Waals surface area contributed by atoms with Crippen molar-refractivity contribution in [1.29, 1.82) is 0 Å². The number of carbonyl (C=O) groups excluding carboxylic acids is 1. The van der Waals surface area contributed by atoms with Crippen LogP contribution >= 0.6 is 0 Å². The van der Waals surface area contributed by atoms with Crippen LogP contribution in [0.15, 0.2) is 48.5 Å². The Morgan fingerprint density at radius 2 is 1.90 bits per heavy atom. The number of methoxy groups -OCH3 is 1. The van der Waals surface area contributed by atoms with E-state index >= 15 is 0 Å². The van der Waals surface area contributed by atoms with Gasteiger partial charge < -0.3 is 9.47 Å². The van der Waals surface area contributed by atoms with Gasteiger partial charge in [-0.05, 0) is 11.6 Å². The summed E-state index contributed by atoms with van der Waals surface area (Å²) in [5.41, 5.74) is 0.875. The first-order chi connectivity index (χ1) is 10.1. The standard InChI is InChI=1S/C15H13NO5/c1-20-15(17)12-7-8-13(16(18)19)14(9-12)21-10-11-5-3-2-4-6-11/h2-9H,10H2,1H3. The average molecular weight is 287 g/mol. The topological polar surface area (TPSA) is 78.7 Å². The zero-order valence-corrected chi connectivity index (χ0v) is 11.3. The molecule has 2 aromatic carbocycles. The van der Waals surface area contributed by atoms with Gasteiger partial charge in [-0.3, -0.25) is 10.1 Å². The molecule has 0 radical (unpaired) electrons. The first kappa shape index (κ1) is 14.5. The highest BCUT2D eigenvalue weighted by atomic mass is 16.6. The summed E-state index contributed by atoms with van der Waals surface area (Å²) in [6.07, 6.45) is 0. The molecule has 6 heteroatoms. The van der Waals surface area contributed by atoms with E-state index in [0.29, 0.717) is 0 Å². The molecule has 2 aromatic rings. The molecule has 0 aromatic heterocycles. The lowest BCUT2D eigenvalue weighted by Gasteiger charge is -2.08. The van der Waals surface area contributed by atoms with Crippen molar-refractivity contribution in [3.8, 4) is 5.75 Å². The van der Waals surface area contributed by atoms with E-state index in [0.717, 1.165) is 5.56 Å². The van der Waals surface area contributed by atoms with Gasteiger partial charge in [-0.15, -0.1) is 0 Å². The Morgan fingerprint density at radius 3 is 2.52 bits per heavy atom. The minimum Gasteiger partial charge on any atom is -0.482 e. The minimum atomic E-state index is -0.575. The summed E-state index contributed by atoms with van der Waals surface area (Å²) >= 11 is 0. The zero-order valence-electron chi connectivity index (χ0n) is 11.3. The summed E-state index contributed by atoms with van der Waals surface area (Å²) in [5, 5.41) is 11.0. The monoisotopic (exact) mass is 287 g/mol. The van der Waals surface area contributed by atoms with E-state index in [1.165, 1.54) is 25.3 Å². The molecule has 0 bridgehead atoms. The zero-order chi connectivity index (χ0) is 15.2. The molecule has 0 fully saturated rings. The summed E-state index contributed by atoms with van der Waals surface area (Å²) in [6, 6.07) is 13.1. The number of esters is 1. The second-order valence-corrected chi connectivity index (χ2v) is 4.21. The second kappa shape index (κ2) is 6.51. The Morgan fingerprint density at radius 1 is 1.19 bits per heavy atom. The average Bonchev–Trinajstić information content (AvgIpc) is 2.52. The lowest BCUT2D eigenvalue weighted by atomic mass is 10.2. The van der Waals surface area contributed by atoms with E-state index < -0.39 is 10.9 Å². The highest BCUT2D eigenvalue weighted by molar-refractivity contribution is 5.90. The van der Waals surface area contributed by atoms with Crippen LogP contribution in [0.5, 0.6) is 5.75 Å². The molecule has 2 rings (SSSR count). The molecule has 108 valence electrons. The van der Waals surface area contributed by atoms with Crippen LogP contribution in [0.2, 0.25) is 0 Å². The Balaban J connectivity index is 2.26. The molecule has 0 aliphatic rings. The highest BCUT2D eigenvalue weighted by Crippen LogP contribution is 2.29. The fourth-order valence-electron chi connectivity index (χ4n) is 1.76. The third-order valence-corrected chi connectivity index (χ3v) is 2.81. The Labute approximate surface area is 121 Å². The first-order valence-electron chi connectivity index (χ1n) is 6.15. The van der Waals surface area contributed by atoms with Gasteiger partial charge in [0.2, 0.25) is 0 Å². The Hall–Kier alpha value is -2.89. The van der Waals surface area contributed by atoms with Crippen LogP contribution in [0.4, 0.5) is 5.69 Å². The Kier molecular flexibility index (Phi) is 4.50. The molecule has 0 aliphatic heterocycles. The van der Waals surface area contributed by atoms with Crippen LogP contribution in [0.1, 0.15) is 15.9 Å². The fraction of sp³-hybridized carbons (Fsp3) is 0.133. The molecular formula is C15H13NO5. The van der Waals surface area contributed by atoms with Gasteiger partial charge in [-0.1, -0.05) is 30.3 Å². The smallest absolute Gasteiger partial charge is 0.337 e. The summed E-state index contributed by atoms with van der Waals surface area (Å²) in [4.78, 5) is 21.9. The fourth-order valence-corrected chi connectivity index (χ4v) is 1.76. The molecule has 0 unspecified atom stereocenters. The molecule has 0 atom stereocenters. The quantitative estimate of drug-likeness (QED) is 0.480. The van der Waals surface area contributed by atoms with Crippen molar-refractivity contribution in [3.63, 3.8) is 0 Å². The van der Waals surface area contributed by atoms with Crippen LogP contribution in [0, 0.1) is 10.1 Å². The van der Waals surface area contributed by atoms with Crippen molar-refractivity contribution in [2.45, 2.75) is 6.61 Å². The number of benzene rings is 2. The number of ether oxygens (including phenoxy) is 2. The minimum absolute atomic E-state index is 0.0340. The van der Waals surface area contributed by atoms with E-state index in [4.69, 9.17) is 4.74 Å². The summed E-state index contributed by atoms with van der Waals surface area (Å²) in [6.45, 7) is 0.173. The predicted octanol–water partition coefficient (Wildman–Crippen LogP) is 2.96. The molecule has 0 saturated heterocycles.